The van der Waals surface area contributed by atoms with Crippen LogP contribution in [0.1, 0.15) is 29.0 Å². The summed E-state index contributed by atoms with van der Waals surface area (Å²) in [5, 5.41) is 15.8. The summed E-state index contributed by atoms with van der Waals surface area (Å²) in [4.78, 5) is 2.15. The number of nitrogens with zero attached hydrogens (tertiary/aromatic N) is 1. The SMILES string of the molecule is C[N+]1(C)[C@@H]2COC[C@H]1CC(CC(O)(c1cccs1)c1cccs1)C2. The molecule has 2 aliphatic rings. The van der Waals surface area contributed by atoms with Crippen molar-refractivity contribution in [1.82, 2.24) is 0 Å². The van der Waals surface area contributed by atoms with Gasteiger partial charge in [0.25, 0.3) is 0 Å². The molecule has 0 radical (unpaired) electrons. The largest absolute Gasteiger partial charge is 0.379 e. The second kappa shape index (κ2) is 6.22. The van der Waals surface area contributed by atoms with E-state index in [1.807, 2.05) is 12.1 Å². The Hall–Kier alpha value is -0.720. The predicted molar refractivity (Wildman–Crippen MR) is 99.5 cm³/mol. The molecule has 24 heavy (non-hydrogen) atoms. The second-order valence-electron chi connectivity index (χ2n) is 7.83. The fraction of sp³-hybridized carbons (Fsp3) is 0.579. The van der Waals surface area contributed by atoms with Crippen molar-refractivity contribution in [2.24, 2.45) is 5.92 Å². The zero-order valence-electron chi connectivity index (χ0n) is 14.4. The molecule has 2 aliphatic heterocycles. The Morgan fingerprint density at radius 1 is 1.08 bits per heavy atom. The Bertz CT molecular complexity index is 615. The summed E-state index contributed by atoms with van der Waals surface area (Å²) in [5.41, 5.74) is -0.837. The molecule has 3 nitrogen and oxygen atoms in total. The number of quaternary nitrogens is 1. The topological polar surface area (TPSA) is 29.5 Å². The van der Waals surface area contributed by atoms with Crippen molar-refractivity contribution in [3.63, 3.8) is 0 Å². The standard InChI is InChI=1S/C19H26NO2S2/c1-20(2)15-9-14(10-16(20)13-22-12-15)11-19(21,17-5-3-7-23-17)18-6-4-8-24-18/h3-8,14-16,21H,9-13H2,1-2H3/q+1/t14?,15-,16+. The molecule has 4 heterocycles. The van der Waals surface area contributed by atoms with E-state index in [2.05, 4.69) is 37.0 Å². The van der Waals surface area contributed by atoms with Gasteiger partial charge in [0.15, 0.2) is 0 Å². The summed E-state index contributed by atoms with van der Waals surface area (Å²) in [6.07, 6.45) is 3.10. The molecule has 2 aromatic heterocycles. The van der Waals surface area contributed by atoms with Crippen molar-refractivity contribution in [2.75, 3.05) is 27.3 Å². The number of piperidine rings is 1. The maximum absolute atomic E-state index is 11.7. The molecule has 3 atom stereocenters. The molecule has 1 unspecified atom stereocenters. The molecule has 0 spiro atoms. The zero-order chi connectivity index (χ0) is 16.8. The van der Waals surface area contributed by atoms with Gasteiger partial charge in [-0.15, -0.1) is 22.7 Å². The molecule has 2 fully saturated rings. The van der Waals surface area contributed by atoms with E-state index in [1.165, 1.54) is 0 Å². The van der Waals surface area contributed by atoms with Gasteiger partial charge in [-0.3, -0.25) is 0 Å². The van der Waals surface area contributed by atoms with Crippen LogP contribution in [0.15, 0.2) is 35.0 Å². The molecule has 5 heteroatoms. The highest BCUT2D eigenvalue weighted by Crippen LogP contribution is 2.45. The fourth-order valence-corrected chi connectivity index (χ4v) is 6.27. The predicted octanol–water partition coefficient (Wildman–Crippen LogP) is 3.69. The number of fused-ring (bicyclic) bond motifs is 2. The van der Waals surface area contributed by atoms with Gasteiger partial charge in [-0.2, -0.15) is 0 Å². The number of hydrogen-bond donors (Lipinski definition) is 1. The van der Waals surface area contributed by atoms with Gasteiger partial charge in [0.2, 0.25) is 0 Å². The van der Waals surface area contributed by atoms with E-state index in [-0.39, 0.29) is 0 Å². The van der Waals surface area contributed by atoms with E-state index in [9.17, 15) is 5.11 Å². The quantitative estimate of drug-likeness (QED) is 0.839. The average molecular weight is 365 g/mol. The monoisotopic (exact) mass is 364 g/mol. The van der Waals surface area contributed by atoms with E-state index in [0.29, 0.717) is 18.0 Å². The van der Waals surface area contributed by atoms with Crippen LogP contribution in [0.25, 0.3) is 0 Å². The van der Waals surface area contributed by atoms with E-state index >= 15 is 0 Å². The molecule has 4 rings (SSSR count). The Morgan fingerprint density at radius 3 is 2.08 bits per heavy atom. The third-order valence-electron chi connectivity index (χ3n) is 6.16. The molecular formula is C19H26NO2S2+. The van der Waals surface area contributed by atoms with Gasteiger partial charge in [-0.05, 0) is 35.2 Å². The van der Waals surface area contributed by atoms with Gasteiger partial charge in [0, 0.05) is 22.6 Å². The number of hydrogen-bond acceptors (Lipinski definition) is 4. The molecule has 0 aromatic carbocycles. The van der Waals surface area contributed by atoms with Gasteiger partial charge >= 0.3 is 0 Å². The van der Waals surface area contributed by atoms with Crippen molar-refractivity contribution in [3.05, 3.63) is 44.8 Å². The fourth-order valence-electron chi connectivity index (χ4n) is 4.50. The zero-order valence-corrected chi connectivity index (χ0v) is 16.0. The van der Waals surface area contributed by atoms with Crippen molar-refractivity contribution in [3.8, 4) is 0 Å². The Morgan fingerprint density at radius 2 is 1.62 bits per heavy atom. The lowest BCUT2D eigenvalue weighted by Gasteiger charge is -2.53. The lowest BCUT2D eigenvalue weighted by molar-refractivity contribution is -0.953. The van der Waals surface area contributed by atoms with Crippen LogP contribution in [0.4, 0.5) is 0 Å². The van der Waals surface area contributed by atoms with E-state index < -0.39 is 5.60 Å². The minimum absolute atomic E-state index is 0.546. The van der Waals surface area contributed by atoms with Crippen LogP contribution in [0.3, 0.4) is 0 Å². The van der Waals surface area contributed by atoms with Crippen LogP contribution in [0, 0.1) is 5.92 Å². The molecule has 2 saturated heterocycles. The number of rotatable bonds is 4. The summed E-state index contributed by atoms with van der Waals surface area (Å²) < 4.78 is 6.90. The van der Waals surface area contributed by atoms with Gasteiger partial charge in [0.05, 0.1) is 27.3 Å². The lowest BCUT2D eigenvalue weighted by atomic mass is 9.76. The van der Waals surface area contributed by atoms with Crippen molar-refractivity contribution in [2.45, 2.75) is 36.9 Å². The van der Waals surface area contributed by atoms with Crippen LogP contribution in [0.5, 0.6) is 0 Å². The summed E-state index contributed by atoms with van der Waals surface area (Å²) in [6.45, 7) is 1.72. The Kier molecular flexibility index (Phi) is 4.34. The molecule has 0 amide bonds. The molecule has 2 bridgehead atoms. The second-order valence-corrected chi connectivity index (χ2v) is 9.73. The van der Waals surface area contributed by atoms with Gasteiger partial charge in [-0.1, -0.05) is 12.1 Å². The smallest absolute Gasteiger partial charge is 0.133 e. The molecule has 1 N–H and O–H groups in total. The minimum Gasteiger partial charge on any atom is -0.379 e. The molecule has 0 aliphatic carbocycles. The first-order chi connectivity index (χ1) is 11.5. The first-order valence-corrected chi connectivity index (χ1v) is 10.5. The highest BCUT2D eigenvalue weighted by molar-refractivity contribution is 7.11. The van der Waals surface area contributed by atoms with E-state index in [1.54, 1.807) is 22.7 Å². The summed E-state index contributed by atoms with van der Waals surface area (Å²) >= 11 is 3.33. The summed E-state index contributed by atoms with van der Waals surface area (Å²) in [5.74, 6) is 0.546. The maximum atomic E-state index is 11.7. The summed E-state index contributed by atoms with van der Waals surface area (Å²) in [6, 6.07) is 9.36. The van der Waals surface area contributed by atoms with Gasteiger partial charge in [0.1, 0.15) is 17.7 Å². The number of ether oxygens (including phenoxy) is 1. The molecule has 130 valence electrons. The minimum atomic E-state index is -0.837. The normalized spacial score (nSPS) is 29.5. The molecular weight excluding hydrogens is 338 g/mol. The highest BCUT2D eigenvalue weighted by atomic mass is 32.1. The molecule has 2 aromatic rings. The first kappa shape index (κ1) is 16.7. The van der Waals surface area contributed by atoms with E-state index in [0.717, 1.165) is 46.7 Å². The van der Waals surface area contributed by atoms with Gasteiger partial charge in [-0.25, -0.2) is 0 Å². The van der Waals surface area contributed by atoms with Crippen molar-refractivity contribution < 1.29 is 14.3 Å². The van der Waals surface area contributed by atoms with Gasteiger partial charge < -0.3 is 14.3 Å². The van der Waals surface area contributed by atoms with Crippen LogP contribution in [0.2, 0.25) is 0 Å². The average Bonchev–Trinajstić information content (AvgIpc) is 3.22. The Labute approximate surface area is 152 Å². The number of likely N-dealkylation sites (N-methyl/N-ethyl adjacent to an activating group) is 1. The van der Waals surface area contributed by atoms with Crippen molar-refractivity contribution >= 4 is 22.7 Å². The number of thiophene rings is 2. The third-order valence-corrected chi connectivity index (χ3v) is 8.20. The summed E-state index contributed by atoms with van der Waals surface area (Å²) in [7, 11) is 4.69. The first-order valence-electron chi connectivity index (χ1n) is 8.71. The number of aliphatic hydroxyl groups is 1. The highest BCUT2D eigenvalue weighted by Gasteiger charge is 2.49. The number of morpholine rings is 1. The third kappa shape index (κ3) is 2.76. The lowest BCUT2D eigenvalue weighted by Crippen LogP contribution is -2.66. The molecule has 0 saturated carbocycles. The van der Waals surface area contributed by atoms with Crippen LogP contribution in [-0.2, 0) is 10.3 Å². The van der Waals surface area contributed by atoms with Crippen LogP contribution < -0.4 is 0 Å². The van der Waals surface area contributed by atoms with Crippen molar-refractivity contribution in [1.29, 1.82) is 0 Å². The Balaban J connectivity index is 1.61. The van der Waals surface area contributed by atoms with E-state index in [4.69, 9.17) is 4.74 Å². The maximum Gasteiger partial charge on any atom is 0.133 e. The van der Waals surface area contributed by atoms with Crippen LogP contribution >= 0.6 is 22.7 Å². The van der Waals surface area contributed by atoms with Crippen LogP contribution in [-0.4, -0.2) is 49.0 Å².